The number of Topliss-reactive ketones (excluding diaryl/α,β-unsaturated/α-hetero) is 1. The third-order valence-electron chi connectivity index (χ3n) is 3.70. The molecule has 0 unspecified atom stereocenters. The van der Waals surface area contributed by atoms with Crippen molar-refractivity contribution in [3.05, 3.63) is 40.7 Å². The topological polar surface area (TPSA) is 53.3 Å². The Kier molecular flexibility index (Phi) is 4.31. The van der Waals surface area contributed by atoms with Crippen molar-refractivity contribution < 1.29 is 14.3 Å². The molecule has 1 heterocycles. The van der Waals surface area contributed by atoms with Crippen molar-refractivity contribution in [3.8, 4) is 11.5 Å². The van der Waals surface area contributed by atoms with Gasteiger partial charge in [0.15, 0.2) is 17.3 Å². The molecule has 0 fully saturated rings. The molecule has 1 aromatic carbocycles. The lowest BCUT2D eigenvalue weighted by Crippen LogP contribution is -2.06. The first kappa shape index (κ1) is 15.1. The zero-order chi connectivity index (χ0) is 15.6. The molecule has 112 valence electrons. The molecular weight excluding hydrogens is 268 g/mol. The molecule has 0 aliphatic rings. The summed E-state index contributed by atoms with van der Waals surface area (Å²) in [5.41, 5.74) is 3.50. The van der Waals surface area contributed by atoms with E-state index in [1.807, 2.05) is 20.9 Å². The van der Waals surface area contributed by atoms with Crippen LogP contribution in [0.1, 0.15) is 27.3 Å². The van der Waals surface area contributed by atoms with Crippen molar-refractivity contribution in [3.63, 3.8) is 0 Å². The van der Waals surface area contributed by atoms with Crippen LogP contribution in [0.25, 0.3) is 0 Å². The molecule has 0 saturated heterocycles. The Morgan fingerprint density at radius 3 is 2.38 bits per heavy atom. The fraction of sp³-hybridized carbons (Fsp3) is 0.375. The number of aryl methyl sites for hydroxylation is 2. The second kappa shape index (κ2) is 5.99. The van der Waals surface area contributed by atoms with Gasteiger partial charge in [-0.2, -0.15) is 5.10 Å². The van der Waals surface area contributed by atoms with Crippen LogP contribution in [0.5, 0.6) is 11.5 Å². The summed E-state index contributed by atoms with van der Waals surface area (Å²) >= 11 is 0. The standard InChI is InChI=1S/C16H20N2O3/c1-10-13(11(2)18(3)17-10)9-14(19)12-6-7-15(20-4)16(8-12)21-5/h6-8H,9H2,1-5H3. The van der Waals surface area contributed by atoms with Gasteiger partial charge < -0.3 is 9.47 Å². The van der Waals surface area contributed by atoms with Gasteiger partial charge in [-0.15, -0.1) is 0 Å². The van der Waals surface area contributed by atoms with Crippen LogP contribution < -0.4 is 9.47 Å². The third kappa shape index (κ3) is 2.91. The second-order valence-corrected chi connectivity index (χ2v) is 4.94. The van der Waals surface area contributed by atoms with Crippen LogP contribution in [0.3, 0.4) is 0 Å². The molecular formula is C16H20N2O3. The maximum absolute atomic E-state index is 12.5. The van der Waals surface area contributed by atoms with Crippen LogP contribution in [0.4, 0.5) is 0 Å². The lowest BCUT2D eigenvalue weighted by Gasteiger charge is -2.09. The Hall–Kier alpha value is -2.30. The predicted molar refractivity (Wildman–Crippen MR) is 80.3 cm³/mol. The lowest BCUT2D eigenvalue weighted by atomic mass is 10.0. The molecule has 0 aliphatic carbocycles. The molecule has 2 aromatic rings. The van der Waals surface area contributed by atoms with Crippen molar-refractivity contribution in [2.24, 2.45) is 7.05 Å². The van der Waals surface area contributed by atoms with E-state index in [-0.39, 0.29) is 5.78 Å². The van der Waals surface area contributed by atoms with Crippen LogP contribution in [-0.4, -0.2) is 29.8 Å². The zero-order valence-electron chi connectivity index (χ0n) is 13.1. The molecule has 0 spiro atoms. The highest BCUT2D eigenvalue weighted by Crippen LogP contribution is 2.28. The van der Waals surface area contributed by atoms with Crippen molar-refractivity contribution in [1.29, 1.82) is 0 Å². The monoisotopic (exact) mass is 288 g/mol. The molecule has 0 atom stereocenters. The van der Waals surface area contributed by atoms with Gasteiger partial charge in [-0.3, -0.25) is 9.48 Å². The first-order chi connectivity index (χ1) is 9.97. The first-order valence-electron chi connectivity index (χ1n) is 6.72. The Morgan fingerprint density at radius 1 is 1.19 bits per heavy atom. The summed E-state index contributed by atoms with van der Waals surface area (Å²) in [6.07, 6.45) is 0.334. The SMILES string of the molecule is COc1ccc(C(=O)Cc2c(C)nn(C)c2C)cc1OC. The maximum atomic E-state index is 12.5. The summed E-state index contributed by atoms with van der Waals surface area (Å²) in [4.78, 5) is 12.5. The summed E-state index contributed by atoms with van der Waals surface area (Å²) in [5.74, 6) is 1.21. The number of ether oxygens (including phenoxy) is 2. The zero-order valence-corrected chi connectivity index (χ0v) is 13.1. The average molecular weight is 288 g/mol. The fourth-order valence-corrected chi connectivity index (χ4v) is 2.35. The van der Waals surface area contributed by atoms with Crippen LogP contribution in [0, 0.1) is 13.8 Å². The molecule has 0 radical (unpaired) electrons. The lowest BCUT2D eigenvalue weighted by molar-refractivity contribution is 0.0992. The molecule has 2 rings (SSSR count). The molecule has 0 bridgehead atoms. The van der Waals surface area contributed by atoms with E-state index in [4.69, 9.17) is 9.47 Å². The highest BCUT2D eigenvalue weighted by Gasteiger charge is 2.16. The molecule has 1 aromatic heterocycles. The van der Waals surface area contributed by atoms with E-state index in [1.165, 1.54) is 0 Å². The van der Waals surface area contributed by atoms with Gasteiger partial charge in [0.05, 0.1) is 19.9 Å². The number of rotatable bonds is 5. The van der Waals surface area contributed by atoms with Gasteiger partial charge in [-0.1, -0.05) is 0 Å². The fourth-order valence-electron chi connectivity index (χ4n) is 2.35. The molecule has 5 heteroatoms. The van der Waals surface area contributed by atoms with Gasteiger partial charge in [-0.05, 0) is 32.0 Å². The Bertz CT molecular complexity index is 674. The van der Waals surface area contributed by atoms with E-state index < -0.39 is 0 Å². The molecule has 0 aliphatic heterocycles. The summed E-state index contributed by atoms with van der Waals surface area (Å²) in [5, 5.41) is 4.34. The number of hydrogen-bond donors (Lipinski definition) is 0. The van der Waals surface area contributed by atoms with Crippen LogP contribution >= 0.6 is 0 Å². The quantitative estimate of drug-likeness (QED) is 0.793. The van der Waals surface area contributed by atoms with E-state index in [9.17, 15) is 4.79 Å². The average Bonchev–Trinajstić information content (AvgIpc) is 2.72. The minimum atomic E-state index is 0.0372. The Morgan fingerprint density at radius 2 is 1.86 bits per heavy atom. The summed E-state index contributed by atoms with van der Waals surface area (Å²) in [6.45, 7) is 3.89. The van der Waals surface area contributed by atoms with Crippen LogP contribution in [0.15, 0.2) is 18.2 Å². The molecule has 0 amide bonds. The van der Waals surface area contributed by atoms with Gasteiger partial charge in [-0.25, -0.2) is 0 Å². The molecule has 5 nitrogen and oxygen atoms in total. The second-order valence-electron chi connectivity index (χ2n) is 4.94. The van der Waals surface area contributed by atoms with Gasteiger partial charge >= 0.3 is 0 Å². The predicted octanol–water partition coefficient (Wildman–Crippen LogP) is 2.48. The number of nitrogens with zero attached hydrogens (tertiary/aromatic N) is 2. The van der Waals surface area contributed by atoms with E-state index in [2.05, 4.69) is 5.10 Å². The van der Waals surface area contributed by atoms with Crippen molar-refractivity contribution in [1.82, 2.24) is 9.78 Å². The van der Waals surface area contributed by atoms with E-state index >= 15 is 0 Å². The highest BCUT2D eigenvalue weighted by atomic mass is 16.5. The van der Waals surface area contributed by atoms with Crippen molar-refractivity contribution in [2.75, 3.05) is 14.2 Å². The maximum Gasteiger partial charge on any atom is 0.167 e. The van der Waals surface area contributed by atoms with Crippen molar-refractivity contribution in [2.45, 2.75) is 20.3 Å². The summed E-state index contributed by atoms with van der Waals surface area (Å²) < 4.78 is 12.2. The minimum absolute atomic E-state index is 0.0372. The van der Waals surface area contributed by atoms with E-state index in [0.717, 1.165) is 17.0 Å². The largest absolute Gasteiger partial charge is 0.493 e. The van der Waals surface area contributed by atoms with Crippen LogP contribution in [-0.2, 0) is 13.5 Å². The van der Waals surface area contributed by atoms with Gasteiger partial charge in [0, 0.05) is 30.3 Å². The van der Waals surface area contributed by atoms with E-state index in [0.29, 0.717) is 23.5 Å². The van der Waals surface area contributed by atoms with Gasteiger partial charge in [0.1, 0.15) is 0 Å². The molecule has 0 N–H and O–H groups in total. The number of benzene rings is 1. The normalized spacial score (nSPS) is 10.5. The number of carbonyl (C=O) groups excluding carboxylic acids is 1. The van der Waals surface area contributed by atoms with Crippen molar-refractivity contribution >= 4 is 5.78 Å². The number of hydrogen-bond acceptors (Lipinski definition) is 4. The third-order valence-corrected chi connectivity index (χ3v) is 3.70. The van der Waals surface area contributed by atoms with E-state index in [1.54, 1.807) is 37.1 Å². The Balaban J connectivity index is 2.28. The van der Waals surface area contributed by atoms with Gasteiger partial charge in [0.25, 0.3) is 0 Å². The summed E-state index contributed by atoms with van der Waals surface area (Å²) in [7, 11) is 5.01. The number of ketones is 1. The molecule has 0 saturated carbocycles. The Labute approximate surface area is 124 Å². The van der Waals surface area contributed by atoms with Gasteiger partial charge in [0.2, 0.25) is 0 Å². The minimum Gasteiger partial charge on any atom is -0.493 e. The molecule has 21 heavy (non-hydrogen) atoms. The number of methoxy groups -OCH3 is 2. The number of aromatic nitrogens is 2. The van der Waals surface area contributed by atoms with Crippen LogP contribution in [0.2, 0.25) is 0 Å². The highest BCUT2D eigenvalue weighted by molar-refractivity contribution is 5.98. The first-order valence-corrected chi connectivity index (χ1v) is 6.72. The number of carbonyl (C=O) groups is 1. The summed E-state index contributed by atoms with van der Waals surface area (Å²) in [6, 6.07) is 5.21. The smallest absolute Gasteiger partial charge is 0.167 e.